The van der Waals surface area contributed by atoms with Gasteiger partial charge in [0.25, 0.3) is 0 Å². The highest BCUT2D eigenvalue weighted by Gasteiger charge is 2.30. The first-order valence-corrected chi connectivity index (χ1v) is 8.54. The van der Waals surface area contributed by atoms with Crippen molar-refractivity contribution in [2.24, 2.45) is 11.8 Å². The highest BCUT2D eigenvalue weighted by Crippen LogP contribution is 2.32. The molecule has 0 aromatic heterocycles. The average molecular weight is 282 g/mol. The van der Waals surface area contributed by atoms with E-state index in [1.54, 1.807) is 0 Å². The smallest absolute Gasteiger partial charge is 0.0718 e. The fourth-order valence-corrected chi connectivity index (χ4v) is 3.97. The van der Waals surface area contributed by atoms with Crippen molar-refractivity contribution < 1.29 is 5.11 Å². The van der Waals surface area contributed by atoms with E-state index >= 15 is 0 Å². The fourth-order valence-electron chi connectivity index (χ4n) is 3.97. The van der Waals surface area contributed by atoms with E-state index in [4.69, 9.17) is 0 Å². The van der Waals surface area contributed by atoms with E-state index in [1.807, 2.05) is 13.8 Å². The summed E-state index contributed by atoms with van der Waals surface area (Å²) in [6.45, 7) is 14.0. The van der Waals surface area contributed by atoms with E-state index in [0.717, 1.165) is 37.5 Å². The van der Waals surface area contributed by atoms with Gasteiger partial charge in [0.2, 0.25) is 0 Å². The molecule has 0 amide bonds. The summed E-state index contributed by atoms with van der Waals surface area (Å²) in [5.74, 6) is 1.82. The molecule has 1 N–H and O–H groups in total. The van der Waals surface area contributed by atoms with Gasteiger partial charge in [-0.1, -0.05) is 13.8 Å². The lowest BCUT2D eigenvalue weighted by atomic mass is 9.79. The number of piperazine rings is 1. The Morgan fingerprint density at radius 2 is 1.55 bits per heavy atom. The molecule has 3 heteroatoms. The van der Waals surface area contributed by atoms with Crippen molar-refractivity contribution in [2.45, 2.75) is 65.0 Å². The molecule has 1 saturated heterocycles. The van der Waals surface area contributed by atoms with Crippen molar-refractivity contribution >= 4 is 0 Å². The number of rotatable bonds is 4. The van der Waals surface area contributed by atoms with Crippen LogP contribution >= 0.6 is 0 Å². The molecule has 1 aliphatic carbocycles. The van der Waals surface area contributed by atoms with Gasteiger partial charge in [0, 0.05) is 38.8 Å². The van der Waals surface area contributed by atoms with Gasteiger partial charge in [0.05, 0.1) is 5.60 Å². The summed E-state index contributed by atoms with van der Waals surface area (Å²) in [6.07, 6.45) is 5.64. The van der Waals surface area contributed by atoms with Gasteiger partial charge in [-0.3, -0.25) is 9.80 Å². The minimum absolute atomic E-state index is 0.558. The van der Waals surface area contributed by atoms with Crippen LogP contribution in [0.2, 0.25) is 0 Å². The molecule has 0 atom stereocenters. The predicted molar refractivity (Wildman–Crippen MR) is 84.9 cm³/mol. The average Bonchev–Trinajstić information content (AvgIpc) is 2.38. The Balaban J connectivity index is 1.72. The predicted octanol–water partition coefficient (Wildman–Crippen LogP) is 2.59. The highest BCUT2D eigenvalue weighted by atomic mass is 16.3. The minimum atomic E-state index is -0.558. The molecule has 0 radical (unpaired) electrons. The molecule has 1 aliphatic heterocycles. The summed E-state index contributed by atoms with van der Waals surface area (Å²) in [6, 6.07) is 0.828. The highest BCUT2D eigenvalue weighted by molar-refractivity contribution is 4.85. The van der Waals surface area contributed by atoms with Gasteiger partial charge >= 0.3 is 0 Å². The molecule has 3 nitrogen and oxygen atoms in total. The number of hydrogen-bond donors (Lipinski definition) is 1. The SMILES string of the molecule is CC(C)C1CCC(N2CCN(CC(C)(C)O)CC2)CC1. The quantitative estimate of drug-likeness (QED) is 0.858. The second-order valence-corrected chi connectivity index (χ2v) is 7.94. The molecule has 2 aliphatic rings. The second kappa shape index (κ2) is 6.76. The molecule has 118 valence electrons. The first-order valence-electron chi connectivity index (χ1n) is 8.54. The lowest BCUT2D eigenvalue weighted by Gasteiger charge is -2.43. The summed E-state index contributed by atoms with van der Waals surface area (Å²) in [5.41, 5.74) is -0.558. The maximum Gasteiger partial charge on any atom is 0.0718 e. The molecule has 0 spiro atoms. The molecule has 0 aromatic carbocycles. The monoisotopic (exact) mass is 282 g/mol. The number of aliphatic hydroxyl groups is 1. The van der Waals surface area contributed by atoms with Gasteiger partial charge in [-0.2, -0.15) is 0 Å². The van der Waals surface area contributed by atoms with Crippen LogP contribution in [0.3, 0.4) is 0 Å². The number of hydrogen-bond acceptors (Lipinski definition) is 3. The zero-order chi connectivity index (χ0) is 14.8. The van der Waals surface area contributed by atoms with E-state index in [1.165, 1.54) is 38.8 Å². The first kappa shape index (κ1) is 16.3. The van der Waals surface area contributed by atoms with Crippen LogP contribution in [0.25, 0.3) is 0 Å². The third-order valence-corrected chi connectivity index (χ3v) is 5.22. The number of β-amino-alcohol motifs (C(OH)–C–C–N with tert-alkyl or cyclic N) is 1. The molecule has 1 heterocycles. The Labute approximate surface area is 125 Å². The van der Waals surface area contributed by atoms with Gasteiger partial charge in [0.1, 0.15) is 0 Å². The van der Waals surface area contributed by atoms with Crippen LogP contribution in [0.5, 0.6) is 0 Å². The van der Waals surface area contributed by atoms with Gasteiger partial charge in [-0.25, -0.2) is 0 Å². The zero-order valence-electron chi connectivity index (χ0n) is 13.9. The van der Waals surface area contributed by atoms with Crippen LogP contribution in [-0.4, -0.2) is 59.3 Å². The third-order valence-electron chi connectivity index (χ3n) is 5.22. The molecule has 0 bridgehead atoms. The Bertz CT molecular complexity index is 282. The first-order chi connectivity index (χ1) is 9.35. The third kappa shape index (κ3) is 4.71. The largest absolute Gasteiger partial charge is 0.389 e. The minimum Gasteiger partial charge on any atom is -0.389 e. The van der Waals surface area contributed by atoms with Crippen molar-refractivity contribution in [1.29, 1.82) is 0 Å². The topological polar surface area (TPSA) is 26.7 Å². The summed E-state index contributed by atoms with van der Waals surface area (Å²) in [5, 5.41) is 9.91. The zero-order valence-corrected chi connectivity index (χ0v) is 13.9. The summed E-state index contributed by atoms with van der Waals surface area (Å²) < 4.78 is 0. The molecular formula is C17H34N2O. The van der Waals surface area contributed by atoms with Crippen molar-refractivity contribution in [3.63, 3.8) is 0 Å². The molecule has 0 unspecified atom stereocenters. The summed E-state index contributed by atoms with van der Waals surface area (Å²) >= 11 is 0. The number of nitrogens with zero attached hydrogens (tertiary/aromatic N) is 2. The maximum absolute atomic E-state index is 9.91. The van der Waals surface area contributed by atoms with E-state index in [0.29, 0.717) is 0 Å². The Morgan fingerprint density at radius 3 is 2.00 bits per heavy atom. The second-order valence-electron chi connectivity index (χ2n) is 7.94. The lowest BCUT2D eigenvalue weighted by molar-refractivity contribution is 0.00513. The van der Waals surface area contributed by atoms with Crippen LogP contribution in [-0.2, 0) is 0 Å². The van der Waals surface area contributed by atoms with Gasteiger partial charge < -0.3 is 5.11 Å². The van der Waals surface area contributed by atoms with Gasteiger partial charge in [-0.15, -0.1) is 0 Å². The van der Waals surface area contributed by atoms with Crippen LogP contribution < -0.4 is 0 Å². The normalized spacial score (nSPS) is 30.9. The van der Waals surface area contributed by atoms with Crippen LogP contribution in [0, 0.1) is 11.8 Å². The van der Waals surface area contributed by atoms with Crippen molar-refractivity contribution in [2.75, 3.05) is 32.7 Å². The summed E-state index contributed by atoms with van der Waals surface area (Å²) in [4.78, 5) is 5.12. The molecule has 0 aromatic rings. The van der Waals surface area contributed by atoms with E-state index < -0.39 is 5.60 Å². The van der Waals surface area contributed by atoms with Crippen molar-refractivity contribution in [3.8, 4) is 0 Å². The standard InChI is InChI=1S/C17H34N2O/c1-14(2)15-5-7-16(8-6-15)19-11-9-18(10-12-19)13-17(3,4)20/h14-16,20H,5-13H2,1-4H3. The van der Waals surface area contributed by atoms with Crippen LogP contribution in [0.1, 0.15) is 53.4 Å². The van der Waals surface area contributed by atoms with E-state index in [2.05, 4.69) is 23.6 Å². The Kier molecular flexibility index (Phi) is 5.49. The molecule has 2 rings (SSSR count). The molecule has 20 heavy (non-hydrogen) atoms. The van der Waals surface area contributed by atoms with Crippen molar-refractivity contribution in [1.82, 2.24) is 9.80 Å². The lowest BCUT2D eigenvalue weighted by Crippen LogP contribution is -2.53. The van der Waals surface area contributed by atoms with Gasteiger partial charge in [-0.05, 0) is 51.4 Å². The summed E-state index contributed by atoms with van der Waals surface area (Å²) in [7, 11) is 0. The Hall–Kier alpha value is -0.120. The molecule has 1 saturated carbocycles. The molecular weight excluding hydrogens is 248 g/mol. The fraction of sp³-hybridized carbons (Fsp3) is 1.00. The van der Waals surface area contributed by atoms with Crippen LogP contribution in [0.4, 0.5) is 0 Å². The van der Waals surface area contributed by atoms with Gasteiger partial charge in [0.15, 0.2) is 0 Å². The van der Waals surface area contributed by atoms with E-state index in [-0.39, 0.29) is 0 Å². The maximum atomic E-state index is 9.91. The van der Waals surface area contributed by atoms with Crippen molar-refractivity contribution in [3.05, 3.63) is 0 Å². The van der Waals surface area contributed by atoms with Crippen LogP contribution in [0.15, 0.2) is 0 Å². The van der Waals surface area contributed by atoms with E-state index in [9.17, 15) is 5.11 Å². The Morgan fingerprint density at radius 1 is 1.00 bits per heavy atom. The molecule has 2 fully saturated rings.